The van der Waals surface area contributed by atoms with Crippen LogP contribution >= 0.6 is 24.0 Å². The summed E-state index contributed by atoms with van der Waals surface area (Å²) in [5.41, 5.74) is -0.235. The zero-order chi connectivity index (χ0) is 15.6. The molecule has 1 nitrogen and oxygen atoms in total. The van der Waals surface area contributed by atoms with Crippen LogP contribution in [0.1, 0.15) is 5.56 Å². The van der Waals surface area contributed by atoms with Crippen molar-refractivity contribution in [3.05, 3.63) is 46.6 Å². The summed E-state index contributed by atoms with van der Waals surface area (Å²) in [7, 11) is 0. The van der Waals surface area contributed by atoms with E-state index in [0.717, 1.165) is 12.1 Å². The Bertz CT molecular complexity index is 676. The third-order valence-corrected chi connectivity index (χ3v) is 3.50. The van der Waals surface area contributed by atoms with Gasteiger partial charge < -0.3 is 4.98 Å². The van der Waals surface area contributed by atoms with Crippen molar-refractivity contribution in [3.63, 3.8) is 0 Å². The van der Waals surface area contributed by atoms with E-state index in [1.807, 2.05) is 0 Å². The van der Waals surface area contributed by atoms with E-state index in [4.69, 9.17) is 12.2 Å². The number of hydrogen-bond acceptors (Lipinski definition) is 2. The molecule has 112 valence electrons. The number of nitrogens with one attached hydrogen (secondary N) is 1. The van der Waals surface area contributed by atoms with Gasteiger partial charge in [-0.15, -0.1) is 0 Å². The summed E-state index contributed by atoms with van der Waals surface area (Å²) in [4.78, 5) is 2.99. The molecular weight excluding hydrogens is 329 g/mol. The number of rotatable bonds is 3. The molecule has 0 spiro atoms. The molecule has 1 aromatic carbocycles. The molecule has 0 bridgehead atoms. The molecule has 0 radical (unpaired) electrons. The van der Waals surface area contributed by atoms with Crippen LogP contribution in [0, 0.1) is 4.64 Å². The fourth-order valence-corrected chi connectivity index (χ4v) is 2.41. The van der Waals surface area contributed by atoms with Crippen molar-refractivity contribution in [1.29, 1.82) is 0 Å². The Kier molecular flexibility index (Phi) is 4.67. The largest absolute Gasteiger partial charge is 0.416 e. The van der Waals surface area contributed by atoms with Gasteiger partial charge in [-0.2, -0.15) is 22.0 Å². The molecule has 0 aliphatic heterocycles. The molecule has 0 aliphatic carbocycles. The van der Waals surface area contributed by atoms with E-state index >= 15 is 0 Å². The third-order valence-electron chi connectivity index (χ3n) is 2.56. The number of aromatic amines is 1. The zero-order valence-corrected chi connectivity index (χ0v) is 11.9. The quantitative estimate of drug-likeness (QED) is 0.436. The first-order valence-electron chi connectivity index (χ1n) is 5.62. The summed E-state index contributed by atoms with van der Waals surface area (Å²) >= 11 is 5.15. The van der Waals surface area contributed by atoms with Crippen LogP contribution in [-0.2, 0) is 6.18 Å². The van der Waals surface area contributed by atoms with Gasteiger partial charge in [0.05, 0.1) is 5.56 Å². The Morgan fingerprint density at radius 2 is 1.67 bits per heavy atom. The van der Waals surface area contributed by atoms with Crippen molar-refractivity contribution in [2.75, 3.05) is 0 Å². The molecule has 2 rings (SSSR count). The molecule has 1 aromatic heterocycles. The van der Waals surface area contributed by atoms with E-state index in [1.165, 1.54) is 24.3 Å². The first kappa shape index (κ1) is 16.0. The maximum Gasteiger partial charge on any atom is 0.416 e. The molecule has 0 fully saturated rings. The number of hydrogen-bond donors (Lipinski definition) is 1. The van der Waals surface area contributed by atoms with Gasteiger partial charge in [0, 0.05) is 10.6 Å². The van der Waals surface area contributed by atoms with Gasteiger partial charge in [-0.1, -0.05) is 36.1 Å². The summed E-state index contributed by atoms with van der Waals surface area (Å²) in [6, 6.07) is 7.54. The van der Waals surface area contributed by atoms with Crippen LogP contribution in [0.4, 0.5) is 22.0 Å². The molecule has 1 N–H and O–H groups in total. The molecule has 0 atom stereocenters. The molecule has 0 amide bonds. The third kappa shape index (κ3) is 4.28. The fraction of sp³-hybridized carbons (Fsp3) is 0.154. The first-order chi connectivity index (χ1) is 9.75. The first-order valence-corrected chi connectivity index (χ1v) is 6.91. The summed E-state index contributed by atoms with van der Waals surface area (Å²) < 4.78 is 62.5. The van der Waals surface area contributed by atoms with Gasteiger partial charge >= 0.3 is 6.18 Å². The van der Waals surface area contributed by atoms with E-state index in [1.54, 1.807) is 0 Å². The Labute approximate surface area is 126 Å². The zero-order valence-electron chi connectivity index (χ0n) is 10.2. The van der Waals surface area contributed by atoms with Crippen molar-refractivity contribution in [2.45, 2.75) is 16.8 Å². The normalized spacial score (nSPS) is 11.9. The van der Waals surface area contributed by atoms with E-state index in [9.17, 15) is 22.0 Å². The Balaban J connectivity index is 2.38. The van der Waals surface area contributed by atoms with Gasteiger partial charge in [0.2, 0.25) is 0 Å². The number of alkyl halides is 5. The number of pyridine rings is 1. The lowest BCUT2D eigenvalue weighted by Gasteiger charge is -2.09. The molecule has 0 aliphatic rings. The lowest BCUT2D eigenvalue weighted by atomic mass is 10.1. The van der Waals surface area contributed by atoms with Crippen LogP contribution in [-0.4, -0.2) is 10.7 Å². The predicted molar refractivity (Wildman–Crippen MR) is 73.9 cm³/mol. The highest BCUT2D eigenvalue weighted by Crippen LogP contribution is 2.32. The summed E-state index contributed by atoms with van der Waals surface area (Å²) in [6.07, 6.45) is -4.50. The van der Waals surface area contributed by atoms with Gasteiger partial charge in [-0.3, -0.25) is 0 Å². The Morgan fingerprint density at radius 1 is 1.05 bits per heavy atom. The molecular formula is C13H8F5NS2. The maximum atomic E-state index is 12.7. The minimum absolute atomic E-state index is 0.0501. The average Bonchev–Trinajstić information content (AvgIpc) is 2.37. The SMILES string of the molecule is FC(F)Sc1ccc(-c2cc(C(F)(F)F)cc(=S)[nH]2)cc1. The number of benzene rings is 1. The van der Waals surface area contributed by atoms with Crippen molar-refractivity contribution in [1.82, 2.24) is 4.98 Å². The molecule has 0 saturated carbocycles. The van der Waals surface area contributed by atoms with Gasteiger partial charge in [-0.05, 0) is 29.8 Å². The number of H-pyrrole nitrogens is 1. The highest BCUT2D eigenvalue weighted by Gasteiger charge is 2.31. The van der Waals surface area contributed by atoms with E-state index in [0.29, 0.717) is 22.2 Å². The van der Waals surface area contributed by atoms with Crippen LogP contribution < -0.4 is 0 Å². The van der Waals surface area contributed by atoms with E-state index in [-0.39, 0.29) is 10.3 Å². The van der Waals surface area contributed by atoms with Gasteiger partial charge in [-0.25, -0.2) is 0 Å². The minimum Gasteiger partial charge on any atom is -0.346 e. The monoisotopic (exact) mass is 337 g/mol. The van der Waals surface area contributed by atoms with Crippen LogP contribution in [0.15, 0.2) is 41.3 Å². The molecule has 8 heteroatoms. The van der Waals surface area contributed by atoms with Gasteiger partial charge in [0.15, 0.2) is 0 Å². The lowest BCUT2D eigenvalue weighted by Crippen LogP contribution is -2.05. The van der Waals surface area contributed by atoms with Crippen LogP contribution in [0.2, 0.25) is 0 Å². The topological polar surface area (TPSA) is 15.8 Å². The van der Waals surface area contributed by atoms with Crippen molar-refractivity contribution in [2.24, 2.45) is 0 Å². The number of halogens is 5. The Morgan fingerprint density at radius 3 is 2.19 bits per heavy atom. The van der Waals surface area contributed by atoms with E-state index in [2.05, 4.69) is 4.98 Å². The second-order valence-corrected chi connectivity index (χ2v) is 5.55. The molecule has 1 heterocycles. The van der Waals surface area contributed by atoms with Crippen molar-refractivity contribution < 1.29 is 22.0 Å². The summed E-state index contributed by atoms with van der Waals surface area (Å²) in [5, 5.41) is 0. The highest BCUT2D eigenvalue weighted by molar-refractivity contribution is 7.99. The van der Waals surface area contributed by atoms with Crippen LogP contribution in [0.25, 0.3) is 11.3 Å². The number of aromatic nitrogens is 1. The second-order valence-electron chi connectivity index (χ2n) is 4.05. The van der Waals surface area contributed by atoms with Crippen molar-refractivity contribution >= 4 is 24.0 Å². The predicted octanol–water partition coefficient (Wildman–Crippen LogP) is 5.74. The molecule has 0 saturated heterocycles. The summed E-state index contributed by atoms with van der Waals surface area (Å²) in [5.74, 6) is -2.55. The van der Waals surface area contributed by atoms with Gasteiger partial charge in [0.25, 0.3) is 5.76 Å². The van der Waals surface area contributed by atoms with Gasteiger partial charge in [0.1, 0.15) is 4.64 Å². The number of thioether (sulfide) groups is 1. The van der Waals surface area contributed by atoms with Crippen LogP contribution in [0.5, 0.6) is 0 Å². The molecule has 21 heavy (non-hydrogen) atoms. The standard InChI is InChI=1S/C13H8F5NS2/c14-12(15)21-9-3-1-7(2-4-9)10-5-8(13(16,17)18)6-11(20)19-10/h1-6,12H,(H,19,20). The lowest BCUT2D eigenvalue weighted by molar-refractivity contribution is -0.137. The Hall–Kier alpha value is -1.41. The maximum absolute atomic E-state index is 12.7. The molecule has 2 aromatic rings. The highest BCUT2D eigenvalue weighted by atomic mass is 32.2. The van der Waals surface area contributed by atoms with E-state index < -0.39 is 17.5 Å². The van der Waals surface area contributed by atoms with Crippen LogP contribution in [0.3, 0.4) is 0 Å². The minimum atomic E-state index is -4.50. The van der Waals surface area contributed by atoms with Crippen molar-refractivity contribution in [3.8, 4) is 11.3 Å². The molecule has 0 unspecified atom stereocenters. The second kappa shape index (κ2) is 6.15. The summed E-state index contributed by atoms with van der Waals surface area (Å²) in [6.45, 7) is 0. The smallest absolute Gasteiger partial charge is 0.346 e. The fourth-order valence-electron chi connectivity index (χ4n) is 1.68. The average molecular weight is 337 g/mol.